The van der Waals surface area contributed by atoms with Crippen molar-refractivity contribution in [2.24, 2.45) is 0 Å². The van der Waals surface area contributed by atoms with Crippen LogP contribution in [-0.2, 0) is 19.1 Å². The fourth-order valence-electron chi connectivity index (χ4n) is 4.63. The van der Waals surface area contributed by atoms with Crippen LogP contribution < -0.4 is 10.6 Å². The average molecular weight is 625 g/mol. The molecule has 1 aliphatic rings. The van der Waals surface area contributed by atoms with Crippen LogP contribution in [0.2, 0.25) is 5.02 Å². The normalized spacial score (nSPS) is 23.5. The van der Waals surface area contributed by atoms with Gasteiger partial charge in [0.25, 0.3) is 11.7 Å². The first-order valence-electron chi connectivity index (χ1n) is 13.6. The number of carbonyl (C=O) groups is 3. The molecular formula is C29H37ClN2O9S. The molecule has 0 bridgehead atoms. The molecule has 1 saturated heterocycles. The number of aliphatic hydroxyl groups is 3. The van der Waals surface area contributed by atoms with Crippen molar-refractivity contribution in [3.8, 4) is 11.1 Å². The second-order valence-corrected chi connectivity index (χ2v) is 11.7. The van der Waals surface area contributed by atoms with Crippen molar-refractivity contribution < 1.29 is 44.3 Å². The minimum absolute atomic E-state index is 0.00746. The highest BCUT2D eigenvalue weighted by Crippen LogP contribution is 2.34. The first-order chi connectivity index (χ1) is 20.0. The number of amides is 2. The molecule has 2 aromatic carbocycles. The monoisotopic (exact) mass is 624 g/mol. The lowest BCUT2D eigenvalue weighted by Crippen LogP contribution is -2.68. The molecule has 0 aromatic heterocycles. The van der Waals surface area contributed by atoms with Crippen molar-refractivity contribution in [2.75, 3.05) is 24.7 Å². The number of halogens is 1. The highest BCUT2D eigenvalue weighted by molar-refractivity contribution is 7.99. The third-order valence-electron chi connectivity index (χ3n) is 6.78. The molecule has 2 aromatic rings. The van der Waals surface area contributed by atoms with Crippen molar-refractivity contribution in [2.45, 2.75) is 62.9 Å². The lowest BCUT2D eigenvalue weighted by molar-refractivity contribution is -0.310. The van der Waals surface area contributed by atoms with Gasteiger partial charge in [0.15, 0.2) is 0 Å². The second-order valence-electron chi connectivity index (χ2n) is 9.86. The largest absolute Gasteiger partial charge is 0.477 e. The third kappa shape index (κ3) is 8.66. The van der Waals surface area contributed by atoms with E-state index in [2.05, 4.69) is 10.6 Å². The van der Waals surface area contributed by atoms with Gasteiger partial charge in [0, 0.05) is 36.0 Å². The summed E-state index contributed by atoms with van der Waals surface area (Å²) in [6.07, 6.45) is -6.55. The van der Waals surface area contributed by atoms with Crippen LogP contribution in [0.15, 0.2) is 48.5 Å². The van der Waals surface area contributed by atoms with E-state index >= 15 is 0 Å². The van der Waals surface area contributed by atoms with Gasteiger partial charge in [-0.3, -0.25) is 9.59 Å². The van der Waals surface area contributed by atoms with Crippen LogP contribution in [-0.4, -0.2) is 99.1 Å². The maximum atomic E-state index is 12.8. The number of hydrogen-bond donors (Lipinski definition) is 6. The summed E-state index contributed by atoms with van der Waals surface area (Å²) in [7, 11) is 0. The molecule has 1 fully saturated rings. The Morgan fingerprint density at radius 1 is 1.17 bits per heavy atom. The number of carboxylic acid groups (broad SMARTS) is 1. The lowest BCUT2D eigenvalue weighted by atomic mass is 9.88. The maximum absolute atomic E-state index is 12.8. The number of nitrogens with one attached hydrogen (secondary N) is 2. The van der Waals surface area contributed by atoms with E-state index < -0.39 is 67.0 Å². The predicted octanol–water partition coefficient (Wildman–Crippen LogP) is 2.05. The predicted molar refractivity (Wildman–Crippen MR) is 158 cm³/mol. The van der Waals surface area contributed by atoms with Crippen molar-refractivity contribution in [3.63, 3.8) is 0 Å². The SMILES string of the molecule is CCSCCCO[C@]1(C(=O)O)CC(O)[C@@H](NC(C)=O)[C@H]([C@H](O)[C@H](O)CNC(=O)c2ccc(-c3ccccc3Cl)cc2)O1. The molecule has 3 rings (SSSR count). The molecule has 1 heterocycles. The Labute approximate surface area is 253 Å². The Bertz CT molecular complexity index is 1220. The molecule has 0 spiro atoms. The lowest BCUT2D eigenvalue weighted by Gasteiger charge is -2.46. The van der Waals surface area contributed by atoms with Crippen molar-refractivity contribution in [1.29, 1.82) is 0 Å². The number of aliphatic carboxylic acids is 1. The fourth-order valence-corrected chi connectivity index (χ4v) is 5.48. The zero-order valence-electron chi connectivity index (χ0n) is 23.4. The zero-order valence-corrected chi connectivity index (χ0v) is 24.9. The smallest absolute Gasteiger partial charge is 0.364 e. The molecule has 0 aliphatic carbocycles. The number of hydrogen-bond acceptors (Lipinski definition) is 9. The summed E-state index contributed by atoms with van der Waals surface area (Å²) < 4.78 is 11.3. The van der Waals surface area contributed by atoms with Gasteiger partial charge in [-0.1, -0.05) is 48.9 Å². The van der Waals surface area contributed by atoms with Gasteiger partial charge >= 0.3 is 5.97 Å². The van der Waals surface area contributed by atoms with Gasteiger partial charge in [-0.05, 0) is 41.7 Å². The van der Waals surface area contributed by atoms with Crippen molar-refractivity contribution in [1.82, 2.24) is 10.6 Å². The summed E-state index contributed by atoms with van der Waals surface area (Å²) in [6, 6.07) is 12.6. The third-order valence-corrected chi connectivity index (χ3v) is 8.09. The molecule has 230 valence electrons. The highest BCUT2D eigenvalue weighted by atomic mass is 35.5. The quantitative estimate of drug-likeness (QED) is 0.171. The summed E-state index contributed by atoms with van der Waals surface area (Å²) in [6.45, 7) is 2.74. The molecule has 42 heavy (non-hydrogen) atoms. The number of carbonyl (C=O) groups excluding carboxylic acids is 2. The average Bonchev–Trinajstić information content (AvgIpc) is 2.96. The van der Waals surface area contributed by atoms with Gasteiger partial charge in [-0.25, -0.2) is 4.79 Å². The number of thioether (sulfide) groups is 1. The molecule has 2 amide bonds. The van der Waals surface area contributed by atoms with E-state index in [1.54, 1.807) is 42.1 Å². The summed E-state index contributed by atoms with van der Waals surface area (Å²) in [5, 5.41) is 48.1. The van der Waals surface area contributed by atoms with Crippen LogP contribution in [0.5, 0.6) is 0 Å². The van der Waals surface area contributed by atoms with E-state index in [-0.39, 0.29) is 12.2 Å². The van der Waals surface area contributed by atoms with Crippen LogP contribution in [0.3, 0.4) is 0 Å². The molecule has 6 N–H and O–H groups in total. The van der Waals surface area contributed by atoms with Gasteiger partial charge < -0.3 is 40.5 Å². The second kappa shape index (κ2) is 15.7. The number of rotatable bonds is 14. The minimum atomic E-state index is -2.32. The Morgan fingerprint density at radius 3 is 2.48 bits per heavy atom. The first-order valence-corrected chi connectivity index (χ1v) is 15.1. The highest BCUT2D eigenvalue weighted by Gasteiger charge is 2.55. The van der Waals surface area contributed by atoms with E-state index in [1.165, 1.54) is 6.92 Å². The van der Waals surface area contributed by atoms with E-state index in [0.717, 1.165) is 22.6 Å². The standard InChI is InChI=1S/C29H37ClN2O9S/c1-3-42-14-6-13-40-29(28(38)39)15-22(34)24(32-17(2)33)26(41-29)25(36)23(35)16-31-27(37)19-11-9-18(10-12-19)20-7-4-5-8-21(20)30/h4-5,7-12,22-26,34-36H,3,6,13-16H2,1-2H3,(H,31,37)(H,32,33)(H,38,39)/t22?,23-,24-,25-,26-,29-/m1/s1. The van der Waals surface area contributed by atoms with E-state index in [1.807, 2.05) is 25.1 Å². The van der Waals surface area contributed by atoms with Gasteiger partial charge in [0.05, 0.1) is 24.9 Å². The Morgan fingerprint density at radius 2 is 1.86 bits per heavy atom. The fraction of sp³-hybridized carbons (Fsp3) is 0.483. The van der Waals surface area contributed by atoms with Crippen LogP contribution in [0.1, 0.15) is 37.0 Å². The van der Waals surface area contributed by atoms with Crippen LogP contribution in [0, 0.1) is 0 Å². The van der Waals surface area contributed by atoms with Gasteiger partial charge in [-0.15, -0.1) is 0 Å². The van der Waals surface area contributed by atoms with Crippen LogP contribution in [0.25, 0.3) is 11.1 Å². The van der Waals surface area contributed by atoms with E-state index in [4.69, 9.17) is 21.1 Å². The molecule has 11 nitrogen and oxygen atoms in total. The molecular weight excluding hydrogens is 588 g/mol. The Kier molecular flexibility index (Phi) is 12.6. The Hall–Kier alpha value is -2.71. The molecule has 13 heteroatoms. The van der Waals surface area contributed by atoms with E-state index in [0.29, 0.717) is 11.4 Å². The van der Waals surface area contributed by atoms with Gasteiger partial charge in [0.1, 0.15) is 12.2 Å². The van der Waals surface area contributed by atoms with Crippen molar-refractivity contribution >= 4 is 41.1 Å². The molecule has 0 radical (unpaired) electrons. The minimum Gasteiger partial charge on any atom is -0.477 e. The maximum Gasteiger partial charge on any atom is 0.364 e. The van der Waals surface area contributed by atoms with Gasteiger partial charge in [0.2, 0.25) is 5.91 Å². The zero-order chi connectivity index (χ0) is 30.9. The molecule has 6 atom stereocenters. The number of ether oxygens (including phenoxy) is 2. The number of aliphatic hydroxyl groups excluding tert-OH is 3. The van der Waals surface area contributed by atoms with Crippen molar-refractivity contribution in [3.05, 3.63) is 59.1 Å². The summed E-state index contributed by atoms with van der Waals surface area (Å²) in [5.41, 5.74) is 1.89. The van der Waals surface area contributed by atoms with Crippen LogP contribution in [0.4, 0.5) is 0 Å². The summed E-state index contributed by atoms with van der Waals surface area (Å²) in [5.74, 6) is -3.34. The summed E-state index contributed by atoms with van der Waals surface area (Å²) in [4.78, 5) is 36.8. The molecule has 1 unspecified atom stereocenters. The molecule has 0 saturated carbocycles. The van der Waals surface area contributed by atoms with E-state index in [9.17, 15) is 34.8 Å². The first kappa shape index (κ1) is 33.8. The Balaban J connectivity index is 1.69. The topological polar surface area (TPSA) is 175 Å². The summed E-state index contributed by atoms with van der Waals surface area (Å²) >= 11 is 7.89. The number of carboxylic acids is 1. The molecule has 1 aliphatic heterocycles. The number of benzene rings is 2. The van der Waals surface area contributed by atoms with Crippen LogP contribution >= 0.6 is 23.4 Å². The van der Waals surface area contributed by atoms with Gasteiger partial charge in [-0.2, -0.15) is 11.8 Å².